The number of carbonyl (C=O) groups is 2. The summed E-state index contributed by atoms with van der Waals surface area (Å²) in [5.41, 5.74) is -3.04. The summed E-state index contributed by atoms with van der Waals surface area (Å²) in [4.78, 5) is 22.5. The molecule has 112 valence electrons. The molecule has 0 heterocycles. The zero-order valence-electron chi connectivity index (χ0n) is 10.7. The highest BCUT2D eigenvalue weighted by Gasteiger charge is 2.46. The Morgan fingerprint density at radius 3 is 2.65 bits per heavy atom. The number of alkyl halides is 1. The third-order valence-electron chi connectivity index (χ3n) is 2.80. The van der Waals surface area contributed by atoms with Crippen molar-refractivity contribution in [2.75, 3.05) is 13.2 Å². The first kappa shape index (κ1) is 16.4. The van der Waals surface area contributed by atoms with Crippen LogP contribution in [-0.4, -0.2) is 35.7 Å². The summed E-state index contributed by atoms with van der Waals surface area (Å²) in [6.07, 6.45) is 0.405. The maximum atomic E-state index is 14.1. The van der Waals surface area contributed by atoms with E-state index < -0.39 is 35.5 Å². The fourth-order valence-corrected chi connectivity index (χ4v) is 1.68. The Balaban J connectivity index is 2.45. The quantitative estimate of drug-likeness (QED) is 0.576. The van der Waals surface area contributed by atoms with Crippen molar-refractivity contribution >= 4 is 11.8 Å². The lowest BCUT2D eigenvalue weighted by Gasteiger charge is -2.23. The van der Waals surface area contributed by atoms with E-state index in [1.54, 1.807) is 0 Å². The lowest BCUT2D eigenvalue weighted by Crippen LogP contribution is -2.37. The first-order chi connectivity index (χ1) is 9.41. The van der Waals surface area contributed by atoms with E-state index in [4.69, 9.17) is 5.11 Å². The van der Waals surface area contributed by atoms with Crippen LogP contribution in [-0.2, 0) is 14.3 Å². The van der Waals surface area contributed by atoms with Gasteiger partial charge in [0.05, 0.1) is 6.61 Å². The number of hydrogen-bond donors (Lipinski definition) is 1. The molecule has 0 bridgehead atoms. The molecule has 0 aromatic heterocycles. The van der Waals surface area contributed by atoms with E-state index in [2.05, 4.69) is 4.74 Å². The summed E-state index contributed by atoms with van der Waals surface area (Å²) in [6, 6.07) is 0. The molecular formula is C13H15F3O4. The first-order valence-electron chi connectivity index (χ1n) is 6.15. The number of aliphatic hydroxyl groups excluding tert-OH is 1. The number of ether oxygens (including phenoxy) is 1. The molecule has 1 unspecified atom stereocenters. The second-order valence-electron chi connectivity index (χ2n) is 4.31. The van der Waals surface area contributed by atoms with E-state index in [1.165, 1.54) is 0 Å². The Morgan fingerprint density at radius 2 is 2.00 bits per heavy atom. The molecule has 1 aliphatic rings. The van der Waals surface area contributed by atoms with Gasteiger partial charge in [-0.2, -0.15) is 0 Å². The molecule has 7 heteroatoms. The summed E-state index contributed by atoms with van der Waals surface area (Å²) in [5.74, 6) is -4.92. The van der Waals surface area contributed by atoms with Crippen LogP contribution >= 0.6 is 0 Å². The molecule has 0 spiro atoms. The average Bonchev–Trinajstić information content (AvgIpc) is 2.42. The molecule has 20 heavy (non-hydrogen) atoms. The molecule has 1 N–H and O–H groups in total. The van der Waals surface area contributed by atoms with Gasteiger partial charge in [-0.25, -0.2) is 13.2 Å². The summed E-state index contributed by atoms with van der Waals surface area (Å²) >= 11 is 0. The van der Waals surface area contributed by atoms with Gasteiger partial charge in [-0.15, -0.1) is 0 Å². The van der Waals surface area contributed by atoms with Crippen LogP contribution in [0.3, 0.4) is 0 Å². The van der Waals surface area contributed by atoms with Crippen LogP contribution < -0.4 is 0 Å². The molecule has 0 fully saturated rings. The van der Waals surface area contributed by atoms with Gasteiger partial charge in [-0.05, 0) is 25.0 Å². The Hall–Kier alpha value is -1.63. The Bertz CT molecular complexity index is 441. The molecule has 0 radical (unpaired) electrons. The van der Waals surface area contributed by atoms with Crippen LogP contribution in [0.2, 0.25) is 0 Å². The number of esters is 1. The minimum atomic E-state index is -3.04. The Labute approximate surface area is 113 Å². The molecule has 1 atom stereocenters. The molecule has 0 aromatic rings. The van der Waals surface area contributed by atoms with Gasteiger partial charge >= 0.3 is 5.97 Å². The fourth-order valence-electron chi connectivity index (χ4n) is 1.68. The number of ketones is 1. The van der Waals surface area contributed by atoms with E-state index >= 15 is 0 Å². The summed E-state index contributed by atoms with van der Waals surface area (Å²) < 4.78 is 45.1. The molecule has 1 aliphatic carbocycles. The largest absolute Gasteiger partial charge is 0.466 e. The predicted molar refractivity (Wildman–Crippen MR) is 63.7 cm³/mol. The summed E-state index contributed by atoms with van der Waals surface area (Å²) in [7, 11) is 0. The highest BCUT2D eigenvalue weighted by molar-refractivity contribution is 6.03. The molecule has 4 nitrogen and oxygen atoms in total. The average molecular weight is 292 g/mol. The minimum absolute atomic E-state index is 0.0284. The van der Waals surface area contributed by atoms with Crippen LogP contribution in [0.1, 0.15) is 25.7 Å². The van der Waals surface area contributed by atoms with E-state index in [-0.39, 0.29) is 32.5 Å². The van der Waals surface area contributed by atoms with Crippen LogP contribution in [0.4, 0.5) is 13.2 Å². The monoisotopic (exact) mass is 292 g/mol. The SMILES string of the molecule is O=C(CCCC1(F)C(=O)C(F)=CC=C1F)OCCCO. The lowest BCUT2D eigenvalue weighted by molar-refractivity contribution is -0.144. The topological polar surface area (TPSA) is 63.6 Å². The number of hydrogen-bond acceptors (Lipinski definition) is 4. The van der Waals surface area contributed by atoms with Gasteiger partial charge in [0.2, 0.25) is 11.5 Å². The number of aliphatic hydroxyl groups is 1. The molecule has 0 aliphatic heterocycles. The van der Waals surface area contributed by atoms with E-state index in [0.29, 0.717) is 12.2 Å². The normalized spacial score (nSPS) is 22.3. The van der Waals surface area contributed by atoms with Crippen LogP contribution in [0.25, 0.3) is 0 Å². The molecule has 0 saturated carbocycles. The van der Waals surface area contributed by atoms with Gasteiger partial charge in [-0.3, -0.25) is 9.59 Å². The van der Waals surface area contributed by atoms with Gasteiger partial charge in [0, 0.05) is 19.4 Å². The molecule has 0 saturated heterocycles. The zero-order valence-corrected chi connectivity index (χ0v) is 10.7. The van der Waals surface area contributed by atoms with E-state index in [0.717, 1.165) is 0 Å². The van der Waals surface area contributed by atoms with Crippen molar-refractivity contribution < 1.29 is 32.6 Å². The third kappa shape index (κ3) is 3.93. The first-order valence-corrected chi connectivity index (χ1v) is 6.15. The zero-order chi connectivity index (χ0) is 15.2. The number of halogens is 3. The summed E-state index contributed by atoms with van der Waals surface area (Å²) in [5, 5.41) is 8.48. The smallest absolute Gasteiger partial charge is 0.305 e. The van der Waals surface area contributed by atoms with E-state index in [1.807, 2.05) is 0 Å². The number of Topliss-reactive ketones (excluding diaryl/α,β-unsaturated/α-hetero) is 1. The Morgan fingerprint density at radius 1 is 1.30 bits per heavy atom. The second-order valence-corrected chi connectivity index (χ2v) is 4.31. The molecule has 0 amide bonds. The van der Waals surface area contributed by atoms with Crippen molar-refractivity contribution in [1.82, 2.24) is 0 Å². The van der Waals surface area contributed by atoms with Crippen molar-refractivity contribution in [2.24, 2.45) is 0 Å². The number of carbonyl (C=O) groups excluding carboxylic acids is 2. The maximum absolute atomic E-state index is 14.1. The third-order valence-corrected chi connectivity index (χ3v) is 2.80. The van der Waals surface area contributed by atoms with Gasteiger partial charge in [0.15, 0.2) is 5.83 Å². The van der Waals surface area contributed by atoms with Crippen molar-refractivity contribution in [1.29, 1.82) is 0 Å². The highest BCUT2D eigenvalue weighted by Crippen LogP contribution is 2.36. The highest BCUT2D eigenvalue weighted by atomic mass is 19.2. The molecule has 1 rings (SSSR count). The molecule has 0 aromatic carbocycles. The number of rotatable bonds is 7. The van der Waals surface area contributed by atoms with E-state index in [9.17, 15) is 22.8 Å². The molecular weight excluding hydrogens is 277 g/mol. The summed E-state index contributed by atoms with van der Waals surface area (Å²) in [6.45, 7) is -0.0996. The van der Waals surface area contributed by atoms with Gasteiger partial charge in [0.25, 0.3) is 0 Å². The minimum Gasteiger partial charge on any atom is -0.466 e. The lowest BCUT2D eigenvalue weighted by atomic mass is 9.88. The standard InChI is InChI=1S/C13H15F3O4/c14-9-4-5-10(15)13(16,12(9)19)6-1-3-11(18)20-8-2-7-17/h4-5,17H,1-3,6-8H2. The number of allylic oxidation sites excluding steroid dienone is 4. The predicted octanol–water partition coefficient (Wildman–Crippen LogP) is 2.08. The Kier molecular flexibility index (Phi) is 5.94. The van der Waals surface area contributed by atoms with Crippen molar-refractivity contribution in [2.45, 2.75) is 31.4 Å². The fraction of sp³-hybridized carbons (Fsp3) is 0.538. The van der Waals surface area contributed by atoms with Crippen LogP contribution in [0.15, 0.2) is 23.8 Å². The van der Waals surface area contributed by atoms with Gasteiger partial charge < -0.3 is 9.84 Å². The van der Waals surface area contributed by atoms with Crippen molar-refractivity contribution in [3.63, 3.8) is 0 Å². The van der Waals surface area contributed by atoms with Crippen LogP contribution in [0, 0.1) is 0 Å². The van der Waals surface area contributed by atoms with Gasteiger partial charge in [0.1, 0.15) is 5.83 Å². The second kappa shape index (κ2) is 7.23. The van der Waals surface area contributed by atoms with Gasteiger partial charge in [-0.1, -0.05) is 0 Å². The van der Waals surface area contributed by atoms with Crippen LogP contribution in [0.5, 0.6) is 0 Å². The maximum Gasteiger partial charge on any atom is 0.305 e. The van der Waals surface area contributed by atoms with Crippen molar-refractivity contribution in [3.05, 3.63) is 23.8 Å². The van der Waals surface area contributed by atoms with Crippen molar-refractivity contribution in [3.8, 4) is 0 Å².